The molecule has 0 aliphatic heterocycles. The van der Waals surface area contributed by atoms with Crippen LogP contribution in [-0.4, -0.2) is 9.55 Å². The van der Waals surface area contributed by atoms with E-state index in [1.165, 1.54) is 0 Å². The van der Waals surface area contributed by atoms with Crippen LogP contribution in [0.15, 0.2) is 37.2 Å². The molecule has 0 saturated carbocycles. The Balaban J connectivity index is 2.86. The molecule has 2 rings (SSSR count). The van der Waals surface area contributed by atoms with Gasteiger partial charge in [-0.05, 0) is 12.1 Å². The van der Waals surface area contributed by atoms with E-state index in [1.807, 2.05) is 28.8 Å². The third-order valence-electron chi connectivity index (χ3n) is 1.68. The first-order valence-electron chi connectivity index (χ1n) is 3.46. The molecule has 54 valence electrons. The highest BCUT2D eigenvalue weighted by Gasteiger charge is 1.95. The van der Waals surface area contributed by atoms with E-state index in [2.05, 4.69) is 11.6 Å². The van der Waals surface area contributed by atoms with Gasteiger partial charge in [-0.2, -0.15) is 0 Å². The van der Waals surface area contributed by atoms with Gasteiger partial charge < -0.3 is 4.57 Å². The fourth-order valence-electron chi connectivity index (χ4n) is 1.12. The van der Waals surface area contributed by atoms with Crippen molar-refractivity contribution in [3.63, 3.8) is 0 Å². The second-order valence-corrected chi connectivity index (χ2v) is 2.32. The van der Waals surface area contributed by atoms with E-state index in [0.29, 0.717) is 0 Å². The van der Waals surface area contributed by atoms with E-state index in [9.17, 15) is 0 Å². The molecule has 1 aromatic heterocycles. The van der Waals surface area contributed by atoms with Crippen molar-refractivity contribution in [1.82, 2.24) is 9.55 Å². The molecule has 2 heteroatoms. The Bertz CT molecular complexity index is 387. The second kappa shape index (κ2) is 2.23. The molecular formula is C9H8N2. The fourth-order valence-corrected chi connectivity index (χ4v) is 1.12. The normalized spacial score (nSPS) is 10.2. The molecule has 0 aliphatic carbocycles. The number of imidazole rings is 1. The summed E-state index contributed by atoms with van der Waals surface area (Å²) in [6.45, 7) is 3.68. The maximum atomic E-state index is 4.18. The quantitative estimate of drug-likeness (QED) is 0.599. The number of hydrogen-bond acceptors (Lipinski definition) is 1. The van der Waals surface area contributed by atoms with Crippen LogP contribution in [0.5, 0.6) is 0 Å². The molecule has 2 nitrogen and oxygen atoms in total. The molecule has 0 unspecified atom stereocenters. The summed E-state index contributed by atoms with van der Waals surface area (Å²) in [4.78, 5) is 4.18. The predicted molar refractivity (Wildman–Crippen MR) is 46.1 cm³/mol. The van der Waals surface area contributed by atoms with Gasteiger partial charge in [-0.25, -0.2) is 4.98 Å². The molecule has 0 bridgehead atoms. The second-order valence-electron chi connectivity index (χ2n) is 2.32. The third kappa shape index (κ3) is 0.835. The molecule has 0 fully saturated rings. The lowest BCUT2D eigenvalue weighted by molar-refractivity contribution is 1.18. The van der Waals surface area contributed by atoms with Gasteiger partial charge in [0, 0.05) is 6.20 Å². The average molecular weight is 144 g/mol. The molecule has 2 aromatic rings. The van der Waals surface area contributed by atoms with Crippen LogP contribution in [0, 0.1) is 0 Å². The largest absolute Gasteiger partial charge is 0.306 e. The Hall–Kier alpha value is -1.57. The van der Waals surface area contributed by atoms with Gasteiger partial charge in [0.25, 0.3) is 0 Å². The number of aromatic nitrogens is 2. The first-order chi connectivity index (χ1) is 5.42. The molecule has 11 heavy (non-hydrogen) atoms. The molecule has 0 spiro atoms. The lowest BCUT2D eigenvalue weighted by atomic mass is 10.3. The monoisotopic (exact) mass is 144 g/mol. The van der Waals surface area contributed by atoms with Crippen LogP contribution < -0.4 is 0 Å². The van der Waals surface area contributed by atoms with Crippen molar-refractivity contribution in [3.05, 3.63) is 37.2 Å². The number of nitrogens with zero attached hydrogens (tertiary/aromatic N) is 2. The highest BCUT2D eigenvalue weighted by Crippen LogP contribution is 2.10. The van der Waals surface area contributed by atoms with Crippen LogP contribution in [0.3, 0.4) is 0 Å². The zero-order chi connectivity index (χ0) is 7.68. The van der Waals surface area contributed by atoms with Crippen molar-refractivity contribution in [3.8, 4) is 0 Å². The highest BCUT2D eigenvalue weighted by atomic mass is 15.0. The maximum Gasteiger partial charge on any atom is 0.0999 e. The predicted octanol–water partition coefficient (Wildman–Crippen LogP) is 2.14. The zero-order valence-electron chi connectivity index (χ0n) is 6.07. The van der Waals surface area contributed by atoms with Crippen LogP contribution in [0.4, 0.5) is 0 Å². The average Bonchev–Trinajstić information content (AvgIpc) is 2.47. The lowest BCUT2D eigenvalue weighted by Crippen LogP contribution is -1.79. The SMILES string of the molecule is C=Cn1cnc2ccccc21. The zero-order valence-corrected chi connectivity index (χ0v) is 6.07. The standard InChI is InChI=1S/C9H8N2/c1-2-11-7-10-8-5-3-4-6-9(8)11/h2-7H,1H2. The van der Waals surface area contributed by atoms with Crippen molar-refractivity contribution in [2.45, 2.75) is 0 Å². The van der Waals surface area contributed by atoms with Crippen LogP contribution in [-0.2, 0) is 0 Å². The first-order valence-corrected chi connectivity index (χ1v) is 3.46. The van der Waals surface area contributed by atoms with Gasteiger partial charge in [-0.1, -0.05) is 18.7 Å². The Morgan fingerprint density at radius 3 is 3.00 bits per heavy atom. The van der Waals surface area contributed by atoms with Crippen LogP contribution in [0.25, 0.3) is 17.2 Å². The molecular weight excluding hydrogens is 136 g/mol. The number of hydrogen-bond donors (Lipinski definition) is 0. The molecule has 0 atom stereocenters. The van der Waals surface area contributed by atoms with Gasteiger partial charge in [0.15, 0.2) is 0 Å². The molecule has 0 saturated heterocycles. The summed E-state index contributed by atoms with van der Waals surface area (Å²) in [6.07, 6.45) is 3.51. The number of para-hydroxylation sites is 2. The first kappa shape index (κ1) is 6.16. The topological polar surface area (TPSA) is 17.8 Å². The van der Waals surface area contributed by atoms with Crippen molar-refractivity contribution in [2.24, 2.45) is 0 Å². The summed E-state index contributed by atoms with van der Waals surface area (Å²) in [5.74, 6) is 0. The van der Waals surface area contributed by atoms with Gasteiger partial charge in [-0.15, -0.1) is 0 Å². The minimum atomic E-state index is 1.01. The fraction of sp³-hybridized carbons (Fsp3) is 0. The lowest BCUT2D eigenvalue weighted by Gasteiger charge is -1.91. The molecule has 1 heterocycles. The molecule has 0 radical (unpaired) electrons. The Labute approximate surface area is 64.8 Å². The van der Waals surface area contributed by atoms with Gasteiger partial charge in [-0.3, -0.25) is 0 Å². The third-order valence-corrected chi connectivity index (χ3v) is 1.68. The van der Waals surface area contributed by atoms with E-state index in [0.717, 1.165) is 11.0 Å². The van der Waals surface area contributed by atoms with Crippen molar-refractivity contribution in [1.29, 1.82) is 0 Å². The van der Waals surface area contributed by atoms with Gasteiger partial charge in [0.1, 0.15) is 0 Å². The van der Waals surface area contributed by atoms with Crippen molar-refractivity contribution >= 4 is 17.2 Å². The van der Waals surface area contributed by atoms with Crippen LogP contribution in [0.2, 0.25) is 0 Å². The van der Waals surface area contributed by atoms with Gasteiger partial charge in [0.05, 0.1) is 17.4 Å². The summed E-state index contributed by atoms with van der Waals surface area (Å²) in [5, 5.41) is 0. The minimum absolute atomic E-state index is 1.01. The number of fused-ring (bicyclic) bond motifs is 1. The Kier molecular flexibility index (Phi) is 1.25. The summed E-state index contributed by atoms with van der Waals surface area (Å²) in [5.41, 5.74) is 2.11. The summed E-state index contributed by atoms with van der Waals surface area (Å²) >= 11 is 0. The summed E-state index contributed by atoms with van der Waals surface area (Å²) < 4.78 is 1.90. The number of rotatable bonds is 1. The van der Waals surface area contributed by atoms with E-state index < -0.39 is 0 Å². The number of benzene rings is 1. The van der Waals surface area contributed by atoms with Crippen LogP contribution in [0.1, 0.15) is 0 Å². The molecule has 0 aliphatic rings. The van der Waals surface area contributed by atoms with Crippen molar-refractivity contribution < 1.29 is 0 Å². The molecule has 0 amide bonds. The molecule has 0 N–H and O–H groups in total. The Morgan fingerprint density at radius 2 is 2.18 bits per heavy atom. The van der Waals surface area contributed by atoms with E-state index >= 15 is 0 Å². The van der Waals surface area contributed by atoms with Gasteiger partial charge in [0.2, 0.25) is 0 Å². The maximum absolute atomic E-state index is 4.18. The van der Waals surface area contributed by atoms with E-state index in [-0.39, 0.29) is 0 Å². The smallest absolute Gasteiger partial charge is 0.0999 e. The Morgan fingerprint density at radius 1 is 1.36 bits per heavy atom. The summed E-state index contributed by atoms with van der Waals surface area (Å²) in [7, 11) is 0. The summed E-state index contributed by atoms with van der Waals surface area (Å²) in [6, 6.07) is 7.96. The van der Waals surface area contributed by atoms with Crippen LogP contribution >= 0.6 is 0 Å². The van der Waals surface area contributed by atoms with Crippen molar-refractivity contribution in [2.75, 3.05) is 0 Å². The minimum Gasteiger partial charge on any atom is -0.306 e. The van der Waals surface area contributed by atoms with Gasteiger partial charge >= 0.3 is 0 Å². The molecule has 1 aromatic carbocycles. The van der Waals surface area contributed by atoms with E-state index in [4.69, 9.17) is 0 Å². The van der Waals surface area contributed by atoms with E-state index in [1.54, 1.807) is 12.5 Å². The highest BCUT2D eigenvalue weighted by molar-refractivity contribution is 5.76.